The summed E-state index contributed by atoms with van der Waals surface area (Å²) in [6.07, 6.45) is 7.64. The first-order chi connectivity index (χ1) is 19.5. The van der Waals surface area contributed by atoms with Crippen molar-refractivity contribution in [2.24, 2.45) is 0 Å². The summed E-state index contributed by atoms with van der Waals surface area (Å²) >= 11 is 0. The summed E-state index contributed by atoms with van der Waals surface area (Å²) in [6, 6.07) is 7.07. The Balaban J connectivity index is 1.22. The van der Waals surface area contributed by atoms with Crippen LogP contribution in [0.15, 0.2) is 24.4 Å². The van der Waals surface area contributed by atoms with Crippen molar-refractivity contribution in [1.29, 1.82) is 0 Å². The molecule has 9 heteroatoms. The number of fused-ring (bicyclic) bond motifs is 5. The number of alkyl halides is 1. The van der Waals surface area contributed by atoms with Gasteiger partial charge in [-0.1, -0.05) is 25.1 Å². The summed E-state index contributed by atoms with van der Waals surface area (Å²) in [5, 5.41) is 4.28. The number of rotatable bonds is 5. The van der Waals surface area contributed by atoms with Gasteiger partial charge in [0.25, 0.3) is 0 Å². The van der Waals surface area contributed by atoms with Crippen LogP contribution >= 0.6 is 0 Å². The molecule has 0 amide bonds. The summed E-state index contributed by atoms with van der Waals surface area (Å²) in [5.74, 6) is 0.610. The van der Waals surface area contributed by atoms with Gasteiger partial charge in [-0.05, 0) is 62.1 Å². The third kappa shape index (κ3) is 3.91. The number of benzene rings is 1. The fourth-order valence-electron chi connectivity index (χ4n) is 8.27. The summed E-state index contributed by atoms with van der Waals surface area (Å²) in [7, 11) is 0. The molecule has 1 aromatic carbocycles. The molecule has 5 aliphatic rings. The maximum atomic E-state index is 16.6. The quantitative estimate of drug-likeness (QED) is 0.494. The van der Waals surface area contributed by atoms with Crippen LogP contribution in [0.1, 0.15) is 62.5 Å². The summed E-state index contributed by atoms with van der Waals surface area (Å²) in [4.78, 5) is 18.7. The minimum absolute atomic E-state index is 0.166. The number of halogens is 2. The lowest BCUT2D eigenvalue weighted by Crippen LogP contribution is -2.51. The van der Waals surface area contributed by atoms with Gasteiger partial charge in [0.15, 0.2) is 5.82 Å². The minimum atomic E-state index is -0.839. The number of ether oxygens (including phenoxy) is 1. The van der Waals surface area contributed by atoms with Crippen molar-refractivity contribution in [1.82, 2.24) is 25.2 Å². The van der Waals surface area contributed by atoms with Gasteiger partial charge < -0.3 is 15.0 Å². The Hall–Kier alpha value is -2.91. The first-order valence-corrected chi connectivity index (χ1v) is 15.0. The van der Waals surface area contributed by atoms with Crippen LogP contribution in [0.3, 0.4) is 0 Å². The smallest absolute Gasteiger partial charge is 0.319 e. The van der Waals surface area contributed by atoms with Crippen LogP contribution in [0.4, 0.5) is 14.6 Å². The van der Waals surface area contributed by atoms with Crippen LogP contribution in [-0.4, -0.2) is 76.4 Å². The number of piperazine rings is 1. The van der Waals surface area contributed by atoms with E-state index in [0.29, 0.717) is 54.5 Å². The van der Waals surface area contributed by atoms with E-state index in [1.54, 1.807) is 6.20 Å². The molecule has 4 aliphatic heterocycles. The van der Waals surface area contributed by atoms with Crippen LogP contribution in [-0.2, 0) is 6.42 Å². The molecule has 8 rings (SSSR count). The second-order valence-corrected chi connectivity index (χ2v) is 12.7. The molecule has 6 heterocycles. The summed E-state index contributed by atoms with van der Waals surface area (Å²) < 4.78 is 37.2. The minimum Gasteiger partial charge on any atom is -0.461 e. The highest BCUT2D eigenvalue weighted by atomic mass is 19.1. The van der Waals surface area contributed by atoms with Gasteiger partial charge in [0.2, 0.25) is 0 Å². The average Bonchev–Trinajstić information content (AvgIpc) is 3.70. The first-order valence-electron chi connectivity index (χ1n) is 15.0. The van der Waals surface area contributed by atoms with E-state index in [9.17, 15) is 4.39 Å². The lowest BCUT2D eigenvalue weighted by molar-refractivity contribution is 0.107. The van der Waals surface area contributed by atoms with E-state index in [4.69, 9.17) is 14.7 Å². The van der Waals surface area contributed by atoms with Gasteiger partial charge in [-0.2, -0.15) is 9.97 Å². The Labute approximate surface area is 233 Å². The molecule has 210 valence electrons. The second-order valence-electron chi connectivity index (χ2n) is 12.7. The predicted octanol–water partition coefficient (Wildman–Crippen LogP) is 4.78. The third-order valence-electron chi connectivity index (χ3n) is 10.2. The number of nitrogens with zero attached hydrogens (tertiary/aromatic N) is 5. The second kappa shape index (κ2) is 9.31. The van der Waals surface area contributed by atoms with E-state index in [0.717, 1.165) is 63.7 Å². The Morgan fingerprint density at radius 2 is 1.98 bits per heavy atom. The van der Waals surface area contributed by atoms with Crippen LogP contribution in [0.5, 0.6) is 6.01 Å². The van der Waals surface area contributed by atoms with Crippen molar-refractivity contribution in [3.63, 3.8) is 0 Å². The fourth-order valence-corrected chi connectivity index (χ4v) is 8.27. The normalized spacial score (nSPS) is 31.2. The van der Waals surface area contributed by atoms with Crippen LogP contribution in [0.2, 0.25) is 0 Å². The van der Waals surface area contributed by atoms with Gasteiger partial charge in [-0.15, -0.1) is 0 Å². The molecule has 1 aliphatic carbocycles. The van der Waals surface area contributed by atoms with Gasteiger partial charge >= 0.3 is 6.01 Å². The largest absolute Gasteiger partial charge is 0.461 e. The molecule has 0 radical (unpaired) electrons. The molecule has 1 N–H and O–H groups in total. The van der Waals surface area contributed by atoms with Gasteiger partial charge in [0, 0.05) is 49.9 Å². The molecule has 5 atom stereocenters. The molecular weight excluding hydrogens is 510 g/mol. The highest BCUT2D eigenvalue weighted by Crippen LogP contribution is 2.43. The Bertz CT molecular complexity index is 1470. The highest BCUT2D eigenvalue weighted by molar-refractivity contribution is 5.92. The number of aryl methyl sites for hydroxylation is 1. The molecule has 4 fully saturated rings. The van der Waals surface area contributed by atoms with Crippen LogP contribution in [0, 0.1) is 5.82 Å². The fraction of sp³-hybridized carbons (Fsp3) is 0.581. The van der Waals surface area contributed by atoms with Gasteiger partial charge in [-0.3, -0.25) is 9.88 Å². The molecule has 0 saturated carbocycles. The molecular formula is C31H36F2N6O. The Kier molecular flexibility index (Phi) is 5.78. The summed E-state index contributed by atoms with van der Waals surface area (Å²) in [6.45, 7) is 5.47. The molecule has 0 spiro atoms. The number of nitrogens with one attached hydrogen (secondary N) is 1. The Morgan fingerprint density at radius 1 is 1.12 bits per heavy atom. The third-order valence-corrected chi connectivity index (χ3v) is 10.2. The van der Waals surface area contributed by atoms with Crippen molar-refractivity contribution in [2.45, 2.75) is 81.6 Å². The van der Waals surface area contributed by atoms with Crippen molar-refractivity contribution >= 4 is 16.7 Å². The van der Waals surface area contributed by atoms with E-state index in [-0.39, 0.29) is 17.1 Å². The van der Waals surface area contributed by atoms with Crippen molar-refractivity contribution in [3.8, 4) is 17.3 Å². The van der Waals surface area contributed by atoms with Gasteiger partial charge in [0.05, 0.1) is 10.9 Å². The zero-order valence-corrected chi connectivity index (χ0v) is 23.0. The van der Waals surface area contributed by atoms with Crippen molar-refractivity contribution in [3.05, 3.63) is 41.3 Å². The Morgan fingerprint density at radius 3 is 2.83 bits per heavy atom. The maximum Gasteiger partial charge on any atom is 0.319 e. The molecule has 40 heavy (non-hydrogen) atoms. The zero-order valence-electron chi connectivity index (χ0n) is 23.0. The monoisotopic (exact) mass is 546 g/mol. The van der Waals surface area contributed by atoms with E-state index in [2.05, 4.69) is 33.1 Å². The predicted molar refractivity (Wildman–Crippen MR) is 150 cm³/mol. The van der Waals surface area contributed by atoms with E-state index < -0.39 is 12.0 Å². The summed E-state index contributed by atoms with van der Waals surface area (Å²) in [5.41, 5.74) is 3.58. The number of aromatic nitrogens is 3. The number of hydrogen-bond acceptors (Lipinski definition) is 7. The maximum absolute atomic E-state index is 16.6. The van der Waals surface area contributed by atoms with Gasteiger partial charge in [-0.25, -0.2) is 8.78 Å². The van der Waals surface area contributed by atoms with Crippen LogP contribution in [0.25, 0.3) is 22.2 Å². The van der Waals surface area contributed by atoms with Crippen molar-refractivity contribution in [2.75, 3.05) is 37.7 Å². The number of pyridine rings is 1. The highest BCUT2D eigenvalue weighted by Gasteiger charge is 2.49. The van der Waals surface area contributed by atoms with Gasteiger partial charge in [0.1, 0.15) is 29.8 Å². The molecule has 7 nitrogen and oxygen atoms in total. The average molecular weight is 547 g/mol. The molecule has 3 unspecified atom stereocenters. The topological polar surface area (TPSA) is 66.4 Å². The molecule has 4 saturated heterocycles. The molecule has 2 bridgehead atoms. The molecule has 2 aromatic heterocycles. The number of hydrogen-bond donors (Lipinski definition) is 1. The lowest BCUT2D eigenvalue weighted by Gasteiger charge is -2.34. The van der Waals surface area contributed by atoms with E-state index >= 15 is 4.39 Å². The van der Waals surface area contributed by atoms with E-state index in [1.165, 1.54) is 11.1 Å². The van der Waals surface area contributed by atoms with Crippen molar-refractivity contribution < 1.29 is 13.5 Å². The standard InChI is InChI=1S/C31H36F2N6O/c1-18-6-7-19-4-2-5-23(25(18)19)27-26(33)28-24(13-34-27)29(38-15-21-8-9-22(16-38)35-21)37-30(36-28)40-17-31-10-3-11-39(31)14-20(32)12-31/h2,4-5,13,18,20-22,35H,3,6-12,14-17H2,1H3/t18?,20-,21?,22?,31+/m1/s1. The first kappa shape index (κ1) is 24.9. The van der Waals surface area contributed by atoms with E-state index in [1.807, 2.05) is 12.1 Å². The molecule has 3 aromatic rings. The number of anilines is 1. The zero-order chi connectivity index (χ0) is 27.0. The SMILES string of the molecule is CC1CCc2cccc(-c3ncc4c(N5CC6CCC(C5)N6)nc(OC[C@@]56CCCN5C[C@H](F)C6)nc4c3F)c21. The lowest BCUT2D eigenvalue weighted by atomic mass is 9.94. The van der Waals surface area contributed by atoms with Crippen LogP contribution < -0.4 is 15.0 Å².